The van der Waals surface area contributed by atoms with Crippen molar-refractivity contribution in [1.82, 2.24) is 9.97 Å². The predicted molar refractivity (Wildman–Crippen MR) is 47.6 cm³/mol. The molecule has 0 amide bonds. The third-order valence-electron chi connectivity index (χ3n) is 1.24. The van der Waals surface area contributed by atoms with Gasteiger partial charge in [0, 0.05) is 6.07 Å². The Morgan fingerprint density at radius 3 is 2.83 bits per heavy atom. The topological polar surface area (TPSA) is 35.0 Å². The summed E-state index contributed by atoms with van der Waals surface area (Å²) in [4.78, 5) is 7.97. The van der Waals surface area contributed by atoms with Crippen LogP contribution >= 0.6 is 11.6 Å². The molecule has 0 saturated carbocycles. The molecule has 1 rings (SSSR count). The lowest BCUT2D eigenvalue weighted by molar-refractivity contribution is 0.304. The van der Waals surface area contributed by atoms with Gasteiger partial charge in [0.25, 0.3) is 0 Å². The second-order valence-electron chi connectivity index (χ2n) is 2.42. The van der Waals surface area contributed by atoms with Crippen molar-refractivity contribution < 1.29 is 4.74 Å². The van der Waals surface area contributed by atoms with Gasteiger partial charge in [0.1, 0.15) is 11.0 Å². The molecule has 0 radical (unpaired) electrons. The Balaban J connectivity index is 2.72. The third-order valence-corrected chi connectivity index (χ3v) is 1.43. The molecular formula is C8H11ClN2O. The van der Waals surface area contributed by atoms with Crippen LogP contribution in [0.3, 0.4) is 0 Å². The van der Waals surface area contributed by atoms with Gasteiger partial charge in [-0.15, -0.1) is 0 Å². The van der Waals surface area contributed by atoms with Crippen LogP contribution in [0.5, 0.6) is 5.88 Å². The van der Waals surface area contributed by atoms with Gasteiger partial charge >= 0.3 is 0 Å². The minimum absolute atomic E-state index is 0.425. The first-order valence-corrected chi connectivity index (χ1v) is 4.24. The molecule has 0 atom stereocenters. The molecule has 1 heterocycles. The van der Waals surface area contributed by atoms with Crippen LogP contribution in [0.15, 0.2) is 6.07 Å². The highest BCUT2D eigenvalue weighted by atomic mass is 35.5. The molecule has 0 spiro atoms. The lowest BCUT2D eigenvalue weighted by Crippen LogP contribution is -1.99. The normalized spacial score (nSPS) is 9.92. The number of hydrogen-bond donors (Lipinski definition) is 0. The van der Waals surface area contributed by atoms with E-state index < -0.39 is 0 Å². The molecule has 0 bridgehead atoms. The van der Waals surface area contributed by atoms with Gasteiger partial charge in [-0.2, -0.15) is 4.98 Å². The van der Waals surface area contributed by atoms with Gasteiger partial charge < -0.3 is 4.74 Å². The van der Waals surface area contributed by atoms with E-state index in [9.17, 15) is 0 Å². The lowest BCUT2D eigenvalue weighted by Gasteiger charge is -2.03. The van der Waals surface area contributed by atoms with Crippen LogP contribution < -0.4 is 4.74 Å². The van der Waals surface area contributed by atoms with E-state index in [1.54, 1.807) is 13.0 Å². The average molecular weight is 187 g/mol. The zero-order valence-electron chi connectivity index (χ0n) is 7.17. The summed E-state index contributed by atoms with van der Waals surface area (Å²) in [5.74, 6) is 1.18. The molecule has 4 heteroatoms. The standard InChI is InChI=1S/C8H11ClN2O/c1-3-4-12-8-5-7(9)10-6(2)11-8/h5H,3-4H2,1-2H3. The van der Waals surface area contributed by atoms with Gasteiger partial charge in [0.05, 0.1) is 6.61 Å². The maximum atomic E-state index is 5.70. The molecule has 1 aromatic rings. The van der Waals surface area contributed by atoms with Crippen LogP contribution in [-0.4, -0.2) is 16.6 Å². The van der Waals surface area contributed by atoms with E-state index >= 15 is 0 Å². The molecule has 0 unspecified atom stereocenters. The summed E-state index contributed by atoms with van der Waals surface area (Å²) in [6, 6.07) is 1.62. The highest BCUT2D eigenvalue weighted by Crippen LogP contribution is 2.12. The van der Waals surface area contributed by atoms with E-state index in [2.05, 4.69) is 9.97 Å². The number of ether oxygens (including phenoxy) is 1. The smallest absolute Gasteiger partial charge is 0.218 e. The zero-order chi connectivity index (χ0) is 8.97. The highest BCUT2D eigenvalue weighted by Gasteiger charge is 1.99. The monoisotopic (exact) mass is 186 g/mol. The molecule has 0 aliphatic heterocycles. The molecule has 0 aromatic carbocycles. The molecule has 12 heavy (non-hydrogen) atoms. The molecule has 0 fully saturated rings. The Hall–Kier alpha value is -0.830. The molecule has 3 nitrogen and oxygen atoms in total. The van der Waals surface area contributed by atoms with E-state index in [-0.39, 0.29) is 0 Å². The van der Waals surface area contributed by atoms with E-state index in [0.29, 0.717) is 23.5 Å². The fourth-order valence-electron chi connectivity index (χ4n) is 0.786. The summed E-state index contributed by atoms with van der Waals surface area (Å²) in [6.45, 7) is 4.48. The average Bonchev–Trinajstić information content (AvgIpc) is 1.99. The molecule has 0 aliphatic carbocycles. The summed E-state index contributed by atoms with van der Waals surface area (Å²) in [5, 5.41) is 0.425. The van der Waals surface area contributed by atoms with Gasteiger partial charge in [-0.05, 0) is 13.3 Å². The second-order valence-corrected chi connectivity index (χ2v) is 2.81. The van der Waals surface area contributed by atoms with Gasteiger partial charge in [-0.1, -0.05) is 18.5 Å². The number of halogens is 1. The van der Waals surface area contributed by atoms with Crippen molar-refractivity contribution in [3.8, 4) is 5.88 Å². The minimum Gasteiger partial charge on any atom is -0.478 e. The highest BCUT2D eigenvalue weighted by molar-refractivity contribution is 6.29. The van der Waals surface area contributed by atoms with E-state index in [1.165, 1.54) is 0 Å². The van der Waals surface area contributed by atoms with Crippen LogP contribution in [0, 0.1) is 6.92 Å². The fraction of sp³-hybridized carbons (Fsp3) is 0.500. The van der Waals surface area contributed by atoms with Gasteiger partial charge in [-0.3, -0.25) is 0 Å². The summed E-state index contributed by atoms with van der Waals surface area (Å²) in [5.41, 5.74) is 0. The van der Waals surface area contributed by atoms with Crippen LogP contribution in [0.1, 0.15) is 19.2 Å². The van der Waals surface area contributed by atoms with Crippen LogP contribution in [0.25, 0.3) is 0 Å². The molecule has 0 N–H and O–H groups in total. The predicted octanol–water partition coefficient (Wildman–Crippen LogP) is 2.23. The van der Waals surface area contributed by atoms with Gasteiger partial charge in [0.15, 0.2) is 0 Å². The van der Waals surface area contributed by atoms with E-state index in [0.717, 1.165) is 6.42 Å². The number of rotatable bonds is 3. The SMILES string of the molecule is CCCOc1cc(Cl)nc(C)n1. The van der Waals surface area contributed by atoms with Crippen molar-refractivity contribution in [3.05, 3.63) is 17.0 Å². The Kier molecular flexibility index (Phi) is 3.29. The van der Waals surface area contributed by atoms with Crippen molar-refractivity contribution >= 4 is 11.6 Å². The molecule has 0 saturated heterocycles. The molecule has 0 aliphatic rings. The van der Waals surface area contributed by atoms with E-state index in [1.807, 2.05) is 6.92 Å². The summed E-state index contributed by atoms with van der Waals surface area (Å²) in [6.07, 6.45) is 0.959. The second kappa shape index (κ2) is 4.26. The maximum Gasteiger partial charge on any atom is 0.218 e. The molecular weight excluding hydrogens is 176 g/mol. The van der Waals surface area contributed by atoms with Crippen molar-refractivity contribution in [1.29, 1.82) is 0 Å². The van der Waals surface area contributed by atoms with Crippen LogP contribution in [0.4, 0.5) is 0 Å². The number of aryl methyl sites for hydroxylation is 1. The number of hydrogen-bond acceptors (Lipinski definition) is 3. The number of aromatic nitrogens is 2. The number of nitrogens with zero attached hydrogens (tertiary/aromatic N) is 2. The van der Waals surface area contributed by atoms with E-state index in [4.69, 9.17) is 16.3 Å². The quantitative estimate of drug-likeness (QED) is 0.679. The van der Waals surface area contributed by atoms with Gasteiger partial charge in [-0.25, -0.2) is 4.98 Å². The van der Waals surface area contributed by atoms with Crippen molar-refractivity contribution in [3.63, 3.8) is 0 Å². The maximum absolute atomic E-state index is 5.70. The van der Waals surface area contributed by atoms with Crippen molar-refractivity contribution in [2.75, 3.05) is 6.61 Å². The Bertz CT molecular complexity index is 245. The zero-order valence-corrected chi connectivity index (χ0v) is 7.93. The molecule has 66 valence electrons. The van der Waals surface area contributed by atoms with Gasteiger partial charge in [0.2, 0.25) is 5.88 Å². The van der Waals surface area contributed by atoms with Crippen molar-refractivity contribution in [2.45, 2.75) is 20.3 Å². The largest absolute Gasteiger partial charge is 0.478 e. The van der Waals surface area contributed by atoms with Crippen molar-refractivity contribution in [2.24, 2.45) is 0 Å². The first-order valence-electron chi connectivity index (χ1n) is 3.86. The Morgan fingerprint density at radius 1 is 1.50 bits per heavy atom. The summed E-state index contributed by atoms with van der Waals surface area (Å²) < 4.78 is 5.28. The molecule has 1 aromatic heterocycles. The fourth-order valence-corrected chi connectivity index (χ4v) is 1.00. The lowest BCUT2D eigenvalue weighted by atomic mass is 10.5. The summed E-state index contributed by atoms with van der Waals surface area (Å²) >= 11 is 5.70. The Morgan fingerprint density at radius 2 is 2.25 bits per heavy atom. The minimum atomic E-state index is 0.425. The Labute approximate surface area is 76.7 Å². The van der Waals surface area contributed by atoms with Crippen LogP contribution in [0.2, 0.25) is 5.15 Å². The first kappa shape index (κ1) is 9.26. The van der Waals surface area contributed by atoms with Crippen LogP contribution in [-0.2, 0) is 0 Å². The summed E-state index contributed by atoms with van der Waals surface area (Å²) in [7, 11) is 0. The third kappa shape index (κ3) is 2.66. The first-order chi connectivity index (χ1) is 5.72.